The molecule has 1 aliphatic heterocycles. The van der Waals surface area contributed by atoms with E-state index in [1.165, 1.54) is 0 Å². The molecule has 156 valence electrons. The van der Waals surface area contributed by atoms with E-state index in [9.17, 15) is 4.79 Å². The lowest BCUT2D eigenvalue weighted by atomic mass is 10.0. The summed E-state index contributed by atoms with van der Waals surface area (Å²) in [5.41, 5.74) is 4.99. The van der Waals surface area contributed by atoms with Crippen molar-refractivity contribution in [1.29, 1.82) is 0 Å². The zero-order valence-electron chi connectivity index (χ0n) is 17.6. The molecule has 3 aromatic carbocycles. The third kappa shape index (κ3) is 3.70. The Morgan fingerprint density at radius 1 is 0.812 bits per heavy atom. The number of nitrogens with zero attached hydrogens (tertiary/aromatic N) is 4. The Kier molecular flexibility index (Phi) is 5.32. The Hall–Kier alpha value is -4.09. The van der Waals surface area contributed by atoms with Gasteiger partial charge in [-0.2, -0.15) is 4.48 Å². The van der Waals surface area contributed by atoms with Crippen LogP contribution in [0, 0.1) is 0 Å². The molecule has 32 heavy (non-hydrogen) atoms. The second-order valence-corrected chi connectivity index (χ2v) is 7.83. The lowest BCUT2D eigenvalue weighted by Gasteiger charge is -2.30. The summed E-state index contributed by atoms with van der Waals surface area (Å²) in [7, 11) is 0. The molecule has 4 aromatic rings. The summed E-state index contributed by atoms with van der Waals surface area (Å²) in [6.07, 6.45) is 7.31. The molecule has 5 rings (SSSR count). The van der Waals surface area contributed by atoms with Gasteiger partial charge >= 0.3 is 6.03 Å². The Bertz CT molecular complexity index is 1260. The van der Waals surface area contributed by atoms with Crippen molar-refractivity contribution in [3.8, 4) is 0 Å². The summed E-state index contributed by atoms with van der Waals surface area (Å²) in [6.45, 7) is 0.462. The number of aromatic nitrogens is 2. The predicted octanol–water partition coefficient (Wildman–Crippen LogP) is 5.52. The van der Waals surface area contributed by atoms with Gasteiger partial charge in [-0.3, -0.25) is 0 Å². The maximum atomic E-state index is 14.0. The SMILES string of the molecule is O=C(n1ccnc1)[N+]1(Cc2ccccc2)C=NC(Cc2ccccc2)=C1c1ccccc1. The van der Waals surface area contributed by atoms with Crippen LogP contribution in [0.3, 0.4) is 0 Å². The van der Waals surface area contributed by atoms with E-state index in [2.05, 4.69) is 17.1 Å². The van der Waals surface area contributed by atoms with Crippen molar-refractivity contribution >= 4 is 18.1 Å². The van der Waals surface area contributed by atoms with E-state index in [-0.39, 0.29) is 10.5 Å². The highest BCUT2D eigenvalue weighted by Gasteiger charge is 2.47. The first-order valence-corrected chi connectivity index (χ1v) is 10.6. The summed E-state index contributed by atoms with van der Waals surface area (Å²) in [4.78, 5) is 22.9. The smallest absolute Gasteiger partial charge is 0.245 e. The van der Waals surface area contributed by atoms with E-state index >= 15 is 0 Å². The highest BCUT2D eigenvalue weighted by Crippen LogP contribution is 2.38. The number of amides is 1. The fourth-order valence-electron chi connectivity index (χ4n) is 4.21. The van der Waals surface area contributed by atoms with Crippen LogP contribution in [0.15, 0.2) is 120 Å². The van der Waals surface area contributed by atoms with Gasteiger partial charge in [0.1, 0.15) is 18.6 Å². The Labute approximate surface area is 187 Å². The summed E-state index contributed by atoms with van der Waals surface area (Å²) in [6, 6.07) is 30.3. The van der Waals surface area contributed by atoms with Gasteiger partial charge < -0.3 is 0 Å². The fraction of sp³-hybridized carbons (Fsp3) is 0.0741. The number of imidazole rings is 1. The van der Waals surface area contributed by atoms with Crippen molar-refractivity contribution < 1.29 is 9.28 Å². The Morgan fingerprint density at radius 2 is 1.44 bits per heavy atom. The highest BCUT2D eigenvalue weighted by molar-refractivity contribution is 5.90. The van der Waals surface area contributed by atoms with E-state index in [1.54, 1.807) is 29.6 Å². The van der Waals surface area contributed by atoms with E-state index in [1.807, 2.05) is 78.9 Å². The fourth-order valence-corrected chi connectivity index (χ4v) is 4.21. The molecule has 1 aliphatic rings. The van der Waals surface area contributed by atoms with Gasteiger partial charge in [-0.05, 0) is 17.7 Å². The number of aliphatic imine (C=N–C) groups is 1. The van der Waals surface area contributed by atoms with Crippen LogP contribution in [0.2, 0.25) is 0 Å². The molecule has 1 amide bonds. The molecule has 0 saturated heterocycles. The predicted molar refractivity (Wildman–Crippen MR) is 125 cm³/mol. The summed E-state index contributed by atoms with van der Waals surface area (Å²) in [5.74, 6) is 0. The lowest BCUT2D eigenvalue weighted by Crippen LogP contribution is -2.50. The number of benzene rings is 3. The minimum atomic E-state index is -0.114. The number of quaternary nitrogens is 1. The second-order valence-electron chi connectivity index (χ2n) is 7.83. The molecular weight excluding hydrogens is 396 g/mol. The van der Waals surface area contributed by atoms with Gasteiger partial charge in [0.2, 0.25) is 6.34 Å². The zero-order valence-corrected chi connectivity index (χ0v) is 17.6. The standard InChI is InChI=1S/C27H23N4O/c32-27(30-17-16-28-20-30)31(19-23-12-6-2-7-13-23)21-29-25(18-22-10-4-1-5-11-22)26(31)24-14-8-3-9-15-24/h1-17,20-21H,18-19H2/q+1. The van der Waals surface area contributed by atoms with E-state index < -0.39 is 0 Å². The number of allylic oxidation sites excluding steroid dienone is 1. The number of carbonyl (C=O) groups is 1. The van der Waals surface area contributed by atoms with Crippen LogP contribution in [-0.2, 0) is 13.0 Å². The molecule has 0 aliphatic carbocycles. The van der Waals surface area contributed by atoms with Gasteiger partial charge in [0, 0.05) is 29.9 Å². The number of hydrogen-bond acceptors (Lipinski definition) is 3. The maximum Gasteiger partial charge on any atom is 0.439 e. The Balaban J connectivity index is 1.70. The molecule has 5 nitrogen and oxygen atoms in total. The van der Waals surface area contributed by atoms with Crippen molar-refractivity contribution in [2.24, 2.45) is 4.99 Å². The highest BCUT2D eigenvalue weighted by atomic mass is 16.2. The monoisotopic (exact) mass is 419 g/mol. The lowest BCUT2D eigenvalue weighted by molar-refractivity contribution is -0.685. The van der Waals surface area contributed by atoms with Gasteiger partial charge in [0.25, 0.3) is 0 Å². The second kappa shape index (κ2) is 8.57. The molecule has 2 heterocycles. The van der Waals surface area contributed by atoms with Gasteiger partial charge in [0.05, 0.1) is 0 Å². The third-order valence-electron chi connectivity index (χ3n) is 5.69. The molecule has 5 heteroatoms. The average molecular weight is 420 g/mol. The normalized spacial score (nSPS) is 17.6. The maximum absolute atomic E-state index is 14.0. The molecule has 0 N–H and O–H groups in total. The number of carbonyl (C=O) groups excluding carboxylic acids is 1. The number of rotatable bonds is 5. The van der Waals surface area contributed by atoms with Crippen LogP contribution in [0.4, 0.5) is 4.79 Å². The van der Waals surface area contributed by atoms with Gasteiger partial charge in [-0.25, -0.2) is 19.3 Å². The first kappa shape index (κ1) is 19.8. The van der Waals surface area contributed by atoms with Crippen LogP contribution in [-0.4, -0.2) is 26.4 Å². The molecular formula is C27H23N4O+. The van der Waals surface area contributed by atoms with Crippen molar-refractivity contribution in [2.45, 2.75) is 13.0 Å². The summed E-state index contributed by atoms with van der Waals surface area (Å²) >= 11 is 0. The van der Waals surface area contributed by atoms with E-state index in [0.717, 1.165) is 28.1 Å². The van der Waals surface area contributed by atoms with E-state index in [0.29, 0.717) is 13.0 Å². The first-order chi connectivity index (χ1) is 15.8. The zero-order chi connectivity index (χ0) is 21.8. The minimum Gasteiger partial charge on any atom is -0.245 e. The van der Waals surface area contributed by atoms with Crippen molar-refractivity contribution in [2.75, 3.05) is 0 Å². The topological polar surface area (TPSA) is 47.2 Å². The number of hydrogen-bond donors (Lipinski definition) is 0. The molecule has 1 aromatic heterocycles. The molecule has 1 unspecified atom stereocenters. The van der Waals surface area contributed by atoms with Crippen molar-refractivity contribution in [3.63, 3.8) is 0 Å². The Morgan fingerprint density at radius 3 is 2.06 bits per heavy atom. The summed E-state index contributed by atoms with van der Waals surface area (Å²) < 4.78 is 1.51. The molecule has 1 atom stereocenters. The average Bonchev–Trinajstić information content (AvgIpc) is 3.50. The first-order valence-electron chi connectivity index (χ1n) is 10.6. The third-order valence-corrected chi connectivity index (χ3v) is 5.69. The van der Waals surface area contributed by atoms with Gasteiger partial charge in [0.15, 0.2) is 5.70 Å². The summed E-state index contributed by atoms with van der Waals surface area (Å²) in [5, 5.41) is 0. The molecule has 0 spiro atoms. The van der Waals surface area contributed by atoms with Crippen LogP contribution in [0.25, 0.3) is 5.70 Å². The largest absolute Gasteiger partial charge is 0.439 e. The molecule has 0 bridgehead atoms. The van der Waals surface area contributed by atoms with Crippen LogP contribution >= 0.6 is 0 Å². The van der Waals surface area contributed by atoms with Crippen LogP contribution in [0.5, 0.6) is 0 Å². The molecule has 0 fully saturated rings. The quantitative estimate of drug-likeness (QED) is 0.400. The van der Waals surface area contributed by atoms with Crippen LogP contribution < -0.4 is 0 Å². The minimum absolute atomic E-state index is 0.0352. The van der Waals surface area contributed by atoms with Gasteiger partial charge in [-0.15, -0.1) is 0 Å². The van der Waals surface area contributed by atoms with Crippen molar-refractivity contribution in [3.05, 3.63) is 132 Å². The van der Waals surface area contributed by atoms with Gasteiger partial charge in [-0.1, -0.05) is 78.9 Å². The van der Waals surface area contributed by atoms with Crippen molar-refractivity contribution in [1.82, 2.24) is 9.55 Å². The molecule has 0 radical (unpaired) electrons. The van der Waals surface area contributed by atoms with E-state index in [4.69, 9.17) is 4.99 Å². The molecule has 0 saturated carbocycles. The van der Waals surface area contributed by atoms with Crippen LogP contribution in [0.1, 0.15) is 16.7 Å².